The topological polar surface area (TPSA) is 79.9 Å². The molecule has 0 amide bonds. The van der Waals surface area contributed by atoms with Gasteiger partial charge in [0.15, 0.2) is 0 Å². The Kier molecular flexibility index (Phi) is 6.64. The largest absolute Gasteiger partial charge is 0.417 e. The van der Waals surface area contributed by atoms with Crippen molar-refractivity contribution in [1.82, 2.24) is 18.8 Å². The van der Waals surface area contributed by atoms with E-state index in [2.05, 4.69) is 15.1 Å². The normalized spacial score (nSPS) is 12.3. The number of imidazole rings is 1. The first-order valence-electron chi connectivity index (χ1n) is 11.4. The van der Waals surface area contributed by atoms with Crippen LogP contribution in [0.25, 0.3) is 27.9 Å². The van der Waals surface area contributed by atoms with Crippen LogP contribution < -0.4 is 0 Å². The first kappa shape index (κ1) is 26.0. The minimum atomic E-state index is -4.94. The third kappa shape index (κ3) is 5.10. The second-order valence-electron chi connectivity index (χ2n) is 8.44. The molecule has 0 aliphatic rings. The molecule has 7 nitrogen and oxygen atoms in total. The van der Waals surface area contributed by atoms with Gasteiger partial charge in [-0.25, -0.2) is 9.37 Å². The van der Waals surface area contributed by atoms with Gasteiger partial charge in [0, 0.05) is 42.3 Å². The van der Waals surface area contributed by atoms with E-state index in [0.717, 1.165) is 36.4 Å². The van der Waals surface area contributed by atoms with Crippen LogP contribution in [0.2, 0.25) is 0 Å². The predicted molar refractivity (Wildman–Crippen MR) is 138 cm³/mol. The number of sulfonamides is 1. The summed E-state index contributed by atoms with van der Waals surface area (Å²) >= 11 is 0. The maximum Gasteiger partial charge on any atom is 0.417 e. The Bertz CT molecular complexity index is 1800. The number of hydrogen-bond donors (Lipinski definition) is 0. The van der Waals surface area contributed by atoms with Crippen LogP contribution in [0.5, 0.6) is 0 Å². The third-order valence-corrected chi connectivity index (χ3v) is 7.63. The smallest absolute Gasteiger partial charge is 0.298 e. The quantitative estimate of drug-likeness (QED) is 0.150. The Hall–Kier alpha value is -4.58. The van der Waals surface area contributed by atoms with Crippen LogP contribution in [0, 0.1) is 5.82 Å². The van der Waals surface area contributed by atoms with E-state index in [4.69, 9.17) is 0 Å². The molecule has 0 saturated carbocycles. The lowest BCUT2D eigenvalue weighted by Crippen LogP contribution is -2.23. The number of fused-ring (bicyclic) bond motifs is 1. The van der Waals surface area contributed by atoms with E-state index >= 15 is 0 Å². The molecule has 0 atom stereocenters. The van der Waals surface area contributed by atoms with Crippen molar-refractivity contribution >= 4 is 21.9 Å². The summed E-state index contributed by atoms with van der Waals surface area (Å²) in [7, 11) is -3.38. The second-order valence-corrected chi connectivity index (χ2v) is 10.4. The molecule has 3 heterocycles. The number of alkyl halides is 3. The first-order valence-corrected chi connectivity index (χ1v) is 12.9. The van der Waals surface area contributed by atoms with Crippen LogP contribution in [0.3, 0.4) is 0 Å². The fraction of sp³-hybridized carbons (Fsp3) is 0.0741. The summed E-state index contributed by atoms with van der Waals surface area (Å²) in [6.07, 6.45) is 2.91. The molecule has 0 fully saturated rings. The molecular weight excluding hydrogens is 534 g/mol. The summed E-state index contributed by atoms with van der Waals surface area (Å²) in [4.78, 5) is 7.72. The standard InChI is InChI=1S/C27H19F4N5O2S/c1-35(34-16-20-15-33-26-11-8-19(17-36(20)26)18-5-4-12-32-14-18)39(37,38)21-9-10-22(24(13-21)27(29,30)31)23-6-2-3-7-25(23)28/h2-17H,1H3/b34-16+. The Morgan fingerprint density at radius 2 is 1.74 bits per heavy atom. The van der Waals surface area contributed by atoms with E-state index in [9.17, 15) is 26.0 Å². The van der Waals surface area contributed by atoms with Crippen LogP contribution in [0.4, 0.5) is 17.6 Å². The monoisotopic (exact) mass is 553 g/mol. The minimum Gasteiger partial charge on any atom is -0.298 e. The molecule has 3 aromatic heterocycles. The number of nitrogens with zero attached hydrogens (tertiary/aromatic N) is 5. The van der Waals surface area contributed by atoms with Gasteiger partial charge in [-0.2, -0.15) is 31.1 Å². The zero-order chi connectivity index (χ0) is 27.8. The highest BCUT2D eigenvalue weighted by atomic mass is 32.2. The van der Waals surface area contributed by atoms with Crippen LogP contribution in [0.15, 0.2) is 102 Å². The summed E-state index contributed by atoms with van der Waals surface area (Å²) in [5.41, 5.74) is 0.653. The lowest BCUT2D eigenvalue weighted by molar-refractivity contribution is -0.137. The van der Waals surface area contributed by atoms with E-state index in [1.54, 1.807) is 35.1 Å². The summed E-state index contributed by atoms with van der Waals surface area (Å²) in [5.74, 6) is -0.861. The summed E-state index contributed by atoms with van der Waals surface area (Å²) in [6.45, 7) is 0. The predicted octanol–water partition coefficient (Wildman–Crippen LogP) is 5.88. The molecule has 39 heavy (non-hydrogen) atoms. The van der Waals surface area contributed by atoms with Gasteiger partial charge in [-0.05, 0) is 42.0 Å². The van der Waals surface area contributed by atoms with Crippen molar-refractivity contribution in [3.05, 3.63) is 109 Å². The molecule has 5 aromatic rings. The molecule has 12 heteroatoms. The maximum atomic E-state index is 14.3. The molecule has 0 aliphatic carbocycles. The zero-order valence-electron chi connectivity index (χ0n) is 20.2. The molecule has 0 saturated heterocycles. The molecule has 0 aliphatic heterocycles. The Labute approximate surface area is 220 Å². The van der Waals surface area contributed by atoms with Gasteiger partial charge in [0.05, 0.1) is 28.6 Å². The number of hydrazone groups is 1. The van der Waals surface area contributed by atoms with Gasteiger partial charge in [0.1, 0.15) is 11.5 Å². The number of pyridine rings is 2. The molecule has 5 rings (SSSR count). The van der Waals surface area contributed by atoms with E-state index in [1.807, 2.05) is 12.1 Å². The van der Waals surface area contributed by atoms with E-state index in [-0.39, 0.29) is 5.56 Å². The van der Waals surface area contributed by atoms with Crippen LogP contribution in [0.1, 0.15) is 11.3 Å². The molecule has 0 unspecified atom stereocenters. The number of hydrogen-bond acceptors (Lipinski definition) is 5. The van der Waals surface area contributed by atoms with Gasteiger partial charge in [-0.15, -0.1) is 0 Å². The van der Waals surface area contributed by atoms with Crippen molar-refractivity contribution in [2.45, 2.75) is 11.1 Å². The average Bonchev–Trinajstić information content (AvgIpc) is 3.34. The first-order chi connectivity index (χ1) is 18.6. The van der Waals surface area contributed by atoms with Gasteiger partial charge < -0.3 is 0 Å². The fourth-order valence-corrected chi connectivity index (χ4v) is 4.97. The number of rotatable bonds is 6. The van der Waals surface area contributed by atoms with Gasteiger partial charge >= 0.3 is 6.18 Å². The molecule has 198 valence electrons. The molecular formula is C27H19F4N5O2S. The third-order valence-electron chi connectivity index (χ3n) is 5.99. The van der Waals surface area contributed by atoms with Crippen LogP contribution >= 0.6 is 0 Å². The van der Waals surface area contributed by atoms with Crippen molar-refractivity contribution in [2.75, 3.05) is 7.05 Å². The summed E-state index contributed by atoms with van der Waals surface area (Å²) < 4.78 is 84.5. The van der Waals surface area contributed by atoms with Crippen molar-refractivity contribution < 1.29 is 26.0 Å². The van der Waals surface area contributed by atoms with Crippen LogP contribution in [-0.4, -0.2) is 40.5 Å². The van der Waals surface area contributed by atoms with Crippen molar-refractivity contribution in [3.63, 3.8) is 0 Å². The lowest BCUT2D eigenvalue weighted by atomic mass is 9.99. The molecule has 0 spiro atoms. The number of halogens is 4. The second kappa shape index (κ2) is 9.95. The van der Waals surface area contributed by atoms with Crippen LogP contribution in [-0.2, 0) is 16.2 Å². The van der Waals surface area contributed by atoms with Crippen molar-refractivity contribution in [2.24, 2.45) is 5.10 Å². The van der Waals surface area contributed by atoms with Crippen molar-refractivity contribution in [3.8, 4) is 22.3 Å². The summed E-state index contributed by atoms with van der Waals surface area (Å²) in [5, 5.41) is 3.96. The molecule has 0 bridgehead atoms. The number of benzene rings is 2. The van der Waals surface area contributed by atoms with Crippen molar-refractivity contribution in [1.29, 1.82) is 0 Å². The molecule has 0 N–H and O–H groups in total. The SMILES string of the molecule is CN(/N=C/c1cnc2ccc(-c3cccnc3)cn12)S(=O)(=O)c1ccc(-c2ccccc2F)c(C(F)(F)F)c1. The van der Waals surface area contributed by atoms with Gasteiger partial charge in [0.25, 0.3) is 10.0 Å². The van der Waals surface area contributed by atoms with E-state index in [0.29, 0.717) is 21.8 Å². The van der Waals surface area contributed by atoms with E-state index in [1.165, 1.54) is 30.6 Å². The van der Waals surface area contributed by atoms with Gasteiger partial charge in [0.2, 0.25) is 0 Å². The zero-order valence-corrected chi connectivity index (χ0v) is 21.0. The highest BCUT2D eigenvalue weighted by Gasteiger charge is 2.36. The lowest BCUT2D eigenvalue weighted by Gasteiger charge is -2.18. The molecule has 0 radical (unpaired) electrons. The maximum absolute atomic E-state index is 14.3. The fourth-order valence-electron chi connectivity index (χ4n) is 3.99. The number of aromatic nitrogens is 3. The van der Waals surface area contributed by atoms with Gasteiger partial charge in [-0.3, -0.25) is 9.38 Å². The Morgan fingerprint density at radius 3 is 2.46 bits per heavy atom. The molecule has 2 aromatic carbocycles. The Balaban J connectivity index is 1.48. The highest BCUT2D eigenvalue weighted by Crippen LogP contribution is 2.39. The van der Waals surface area contributed by atoms with Gasteiger partial charge in [-0.1, -0.05) is 30.3 Å². The van der Waals surface area contributed by atoms with E-state index < -0.39 is 38.0 Å². The highest BCUT2D eigenvalue weighted by molar-refractivity contribution is 7.89. The minimum absolute atomic E-state index is 0.293. The Morgan fingerprint density at radius 1 is 0.949 bits per heavy atom. The summed E-state index contributed by atoms with van der Waals surface area (Å²) in [6, 6.07) is 14.7. The average molecular weight is 554 g/mol.